The average Bonchev–Trinajstić information content (AvgIpc) is 3.39. The monoisotopic (exact) mass is 676 g/mol. The molecule has 256 valence electrons. The van der Waals surface area contributed by atoms with Gasteiger partial charge in [-0.3, -0.25) is 14.7 Å². The van der Waals surface area contributed by atoms with E-state index in [1.807, 2.05) is 37.9 Å². The number of rotatable bonds is 6. The number of fused-ring (bicyclic) bond motifs is 1. The number of alkyl halides is 6. The molecule has 2 N–H and O–H groups in total. The Labute approximate surface area is 257 Å². The molecule has 3 aliphatic heterocycles. The third-order valence-electron chi connectivity index (χ3n) is 8.15. The van der Waals surface area contributed by atoms with Crippen LogP contribution in [-0.4, -0.2) is 113 Å². The second kappa shape index (κ2) is 14.6. The smallest absolute Gasteiger partial charge is 0.475 e. The number of hydrogen-bond acceptors (Lipinski definition) is 7. The zero-order chi connectivity index (χ0) is 34.4. The molecular weight excluding hydrogens is 638 g/mol. The Morgan fingerprint density at radius 1 is 0.978 bits per heavy atom. The third kappa shape index (κ3) is 9.51. The Morgan fingerprint density at radius 3 is 1.91 bits per heavy atom. The number of nitrogens with zero attached hydrogens (tertiary/aromatic N) is 4. The van der Waals surface area contributed by atoms with E-state index in [1.54, 1.807) is 10.5 Å². The Morgan fingerprint density at radius 2 is 1.51 bits per heavy atom. The predicted molar refractivity (Wildman–Crippen MR) is 148 cm³/mol. The van der Waals surface area contributed by atoms with Gasteiger partial charge in [-0.1, -0.05) is 19.9 Å². The van der Waals surface area contributed by atoms with Crippen molar-refractivity contribution >= 4 is 27.9 Å². The molecule has 0 aromatic carbocycles. The molecule has 4 rings (SSSR count). The van der Waals surface area contributed by atoms with Gasteiger partial charge in [-0.25, -0.2) is 22.3 Å². The molecule has 0 bridgehead atoms. The van der Waals surface area contributed by atoms with Gasteiger partial charge in [0.05, 0.1) is 11.2 Å². The number of aliphatic carboxylic acids is 2. The van der Waals surface area contributed by atoms with Crippen molar-refractivity contribution in [2.45, 2.75) is 58.9 Å². The van der Waals surface area contributed by atoms with Gasteiger partial charge in [0.15, 0.2) is 0 Å². The van der Waals surface area contributed by atoms with Gasteiger partial charge in [0.1, 0.15) is 0 Å². The van der Waals surface area contributed by atoms with Crippen LogP contribution in [0.1, 0.15) is 45.6 Å². The van der Waals surface area contributed by atoms with Crippen LogP contribution < -0.4 is 0 Å². The van der Waals surface area contributed by atoms with E-state index in [0.29, 0.717) is 13.1 Å². The summed E-state index contributed by atoms with van der Waals surface area (Å²) in [5.74, 6) is -4.92. The Hall–Kier alpha value is -2.99. The lowest BCUT2D eigenvalue weighted by molar-refractivity contribution is -0.193. The molecule has 1 atom stereocenters. The van der Waals surface area contributed by atoms with Crippen LogP contribution in [0.3, 0.4) is 0 Å². The van der Waals surface area contributed by atoms with E-state index in [-0.39, 0.29) is 28.4 Å². The molecule has 0 aliphatic carbocycles. The van der Waals surface area contributed by atoms with E-state index in [2.05, 4.69) is 16.0 Å². The van der Waals surface area contributed by atoms with Crippen LogP contribution in [0.4, 0.5) is 26.3 Å². The fourth-order valence-corrected chi connectivity index (χ4v) is 7.97. The van der Waals surface area contributed by atoms with E-state index >= 15 is 0 Å². The SMILES string of the molecule is CCN1CCC2(CN(Cc3cccnc3)CC23CCN(S(=O)(=O)CC(C)C)CC3)C1=O.O=C(O)C(F)(F)F.O=C(O)C(F)(F)F. The normalized spacial score (nSPS) is 22.3. The average molecular weight is 677 g/mol. The Kier molecular flexibility index (Phi) is 12.4. The largest absolute Gasteiger partial charge is 0.490 e. The highest BCUT2D eigenvalue weighted by molar-refractivity contribution is 7.89. The first kappa shape index (κ1) is 38.2. The van der Waals surface area contributed by atoms with Crippen molar-refractivity contribution in [3.05, 3.63) is 30.1 Å². The summed E-state index contributed by atoms with van der Waals surface area (Å²) in [6.45, 7) is 10.9. The fraction of sp³-hybridized carbons (Fsp3) is 0.704. The van der Waals surface area contributed by atoms with Crippen LogP contribution >= 0.6 is 0 Å². The van der Waals surface area contributed by atoms with E-state index in [4.69, 9.17) is 19.8 Å². The molecule has 1 unspecified atom stereocenters. The van der Waals surface area contributed by atoms with Gasteiger partial charge in [0.2, 0.25) is 15.9 Å². The fourth-order valence-electron chi connectivity index (χ4n) is 6.18. The van der Waals surface area contributed by atoms with Crippen molar-refractivity contribution in [2.75, 3.05) is 45.0 Å². The molecule has 4 heterocycles. The zero-order valence-electron chi connectivity index (χ0n) is 25.1. The summed E-state index contributed by atoms with van der Waals surface area (Å²) >= 11 is 0. The maximum absolute atomic E-state index is 13.6. The topological polar surface area (TPSA) is 148 Å². The molecule has 3 fully saturated rings. The summed E-state index contributed by atoms with van der Waals surface area (Å²) in [6.07, 6.45) is -4.09. The maximum Gasteiger partial charge on any atom is 0.490 e. The van der Waals surface area contributed by atoms with Gasteiger partial charge in [0.25, 0.3) is 0 Å². The molecule has 0 saturated carbocycles. The first-order chi connectivity index (χ1) is 20.6. The van der Waals surface area contributed by atoms with Crippen LogP contribution in [0.15, 0.2) is 24.5 Å². The molecule has 1 amide bonds. The number of sulfonamides is 1. The number of carbonyl (C=O) groups is 3. The lowest BCUT2D eigenvalue weighted by Crippen LogP contribution is -2.54. The second-order valence-corrected chi connectivity index (χ2v) is 13.7. The number of hydrogen-bond donors (Lipinski definition) is 2. The number of carbonyl (C=O) groups excluding carboxylic acids is 1. The van der Waals surface area contributed by atoms with Crippen molar-refractivity contribution in [2.24, 2.45) is 16.7 Å². The van der Waals surface area contributed by atoms with Crippen LogP contribution in [-0.2, 0) is 31.0 Å². The van der Waals surface area contributed by atoms with Gasteiger partial charge in [-0.2, -0.15) is 26.3 Å². The highest BCUT2D eigenvalue weighted by Gasteiger charge is 2.65. The number of carboxylic acids is 2. The molecule has 1 aromatic heterocycles. The van der Waals surface area contributed by atoms with Gasteiger partial charge in [0, 0.05) is 63.6 Å². The molecule has 3 aliphatic rings. The summed E-state index contributed by atoms with van der Waals surface area (Å²) in [4.78, 5) is 40.1. The summed E-state index contributed by atoms with van der Waals surface area (Å²) in [5, 5.41) is 14.2. The van der Waals surface area contributed by atoms with Crippen LogP contribution in [0.25, 0.3) is 0 Å². The molecule has 18 heteroatoms. The molecular formula is C27H38F6N4O7S. The van der Waals surface area contributed by atoms with Crippen molar-refractivity contribution < 1.29 is 59.4 Å². The number of piperidine rings is 1. The summed E-state index contributed by atoms with van der Waals surface area (Å²) in [7, 11) is -3.24. The van der Waals surface area contributed by atoms with Crippen molar-refractivity contribution in [3.63, 3.8) is 0 Å². The number of amides is 1. The van der Waals surface area contributed by atoms with Gasteiger partial charge < -0.3 is 15.1 Å². The zero-order valence-corrected chi connectivity index (χ0v) is 25.9. The predicted octanol–water partition coefficient (Wildman–Crippen LogP) is 3.47. The van der Waals surface area contributed by atoms with Crippen LogP contribution in [0.5, 0.6) is 0 Å². The molecule has 11 nitrogen and oxygen atoms in total. The van der Waals surface area contributed by atoms with E-state index in [0.717, 1.165) is 57.5 Å². The quantitative estimate of drug-likeness (QED) is 0.432. The first-order valence-corrected chi connectivity index (χ1v) is 15.7. The molecule has 3 saturated heterocycles. The van der Waals surface area contributed by atoms with Crippen molar-refractivity contribution in [3.8, 4) is 0 Å². The number of halogens is 6. The lowest BCUT2D eigenvalue weighted by atomic mass is 9.60. The van der Waals surface area contributed by atoms with Crippen LogP contribution in [0.2, 0.25) is 0 Å². The first-order valence-electron chi connectivity index (χ1n) is 14.1. The Bertz CT molecular complexity index is 1260. The van der Waals surface area contributed by atoms with E-state index < -0.39 is 34.3 Å². The minimum atomic E-state index is -5.08. The third-order valence-corrected chi connectivity index (χ3v) is 10.4. The van der Waals surface area contributed by atoms with Crippen molar-refractivity contribution in [1.82, 2.24) is 19.1 Å². The molecule has 1 aromatic rings. The highest BCUT2D eigenvalue weighted by atomic mass is 32.2. The number of carboxylic acid groups (broad SMARTS) is 2. The summed E-state index contributed by atoms with van der Waals surface area (Å²) < 4.78 is 90.8. The van der Waals surface area contributed by atoms with E-state index in [1.165, 1.54) is 0 Å². The molecule has 0 radical (unpaired) electrons. The number of pyridine rings is 1. The van der Waals surface area contributed by atoms with E-state index in [9.17, 15) is 39.6 Å². The van der Waals surface area contributed by atoms with Crippen molar-refractivity contribution in [1.29, 1.82) is 0 Å². The highest BCUT2D eigenvalue weighted by Crippen LogP contribution is 2.58. The minimum Gasteiger partial charge on any atom is -0.475 e. The minimum absolute atomic E-state index is 0.114. The van der Waals surface area contributed by atoms with Crippen LogP contribution in [0, 0.1) is 16.7 Å². The second-order valence-electron chi connectivity index (χ2n) is 11.7. The summed E-state index contributed by atoms with van der Waals surface area (Å²) in [6, 6.07) is 4.04. The Balaban J connectivity index is 0.000000421. The van der Waals surface area contributed by atoms with Gasteiger partial charge in [-0.05, 0) is 43.7 Å². The van der Waals surface area contributed by atoms with Gasteiger partial charge >= 0.3 is 24.3 Å². The number of likely N-dealkylation sites (tertiary alicyclic amines) is 2. The molecule has 45 heavy (non-hydrogen) atoms. The standard InChI is InChI=1S/C23H36N4O3S.2C2HF3O2/c1-4-26-11-9-23(21(26)28)18-25(15-20-6-5-10-24-14-20)17-22(23)7-12-27(13-8-22)31(29,30)16-19(2)3;2*3-2(4,5)1(6)7/h5-6,10,14,19H,4,7-9,11-13,15-18H2,1-3H3;2*(H,6,7). The maximum atomic E-state index is 13.6. The summed E-state index contributed by atoms with van der Waals surface area (Å²) in [5.41, 5.74) is 0.614. The molecule has 2 spiro atoms. The number of aromatic nitrogens is 1. The lowest BCUT2D eigenvalue weighted by Gasteiger charge is -2.46. The van der Waals surface area contributed by atoms with Gasteiger partial charge in [-0.15, -0.1) is 0 Å².